The fourth-order valence-electron chi connectivity index (χ4n) is 1.15. The molecule has 0 fully saturated rings. The molecule has 1 aromatic rings. The molecule has 1 heterocycles. The van der Waals surface area contributed by atoms with E-state index in [9.17, 15) is 4.79 Å². The standard InChI is InChI=1S/C10H15NOS/c1-6-7(2)9(13-8(6)3)10(12)11(4)5/h1-5H3. The zero-order valence-electron chi connectivity index (χ0n) is 8.76. The molecule has 0 aliphatic carbocycles. The van der Waals surface area contributed by atoms with Gasteiger partial charge in [-0.1, -0.05) is 0 Å². The van der Waals surface area contributed by atoms with Crippen molar-refractivity contribution in [1.29, 1.82) is 0 Å². The zero-order chi connectivity index (χ0) is 10.2. The highest BCUT2D eigenvalue weighted by Gasteiger charge is 2.16. The topological polar surface area (TPSA) is 20.3 Å². The lowest BCUT2D eigenvalue weighted by molar-refractivity contribution is 0.0831. The molecule has 0 saturated carbocycles. The predicted octanol–water partition coefficient (Wildman–Crippen LogP) is 2.38. The molecular formula is C10H15NOS. The van der Waals surface area contributed by atoms with Crippen LogP contribution in [0.15, 0.2) is 0 Å². The molecule has 0 atom stereocenters. The highest BCUT2D eigenvalue weighted by atomic mass is 32.1. The number of hydrogen-bond donors (Lipinski definition) is 0. The monoisotopic (exact) mass is 197 g/mol. The Labute approximate surface area is 83.2 Å². The van der Waals surface area contributed by atoms with Gasteiger partial charge in [-0.05, 0) is 31.9 Å². The molecule has 0 N–H and O–H groups in total. The van der Waals surface area contributed by atoms with Gasteiger partial charge in [0.05, 0.1) is 4.88 Å². The van der Waals surface area contributed by atoms with Crippen LogP contribution in [0.4, 0.5) is 0 Å². The van der Waals surface area contributed by atoms with E-state index in [-0.39, 0.29) is 5.91 Å². The van der Waals surface area contributed by atoms with Crippen LogP contribution in [-0.4, -0.2) is 24.9 Å². The van der Waals surface area contributed by atoms with Crippen molar-refractivity contribution in [3.63, 3.8) is 0 Å². The summed E-state index contributed by atoms with van der Waals surface area (Å²) in [6.45, 7) is 6.13. The van der Waals surface area contributed by atoms with E-state index in [4.69, 9.17) is 0 Å². The van der Waals surface area contributed by atoms with Gasteiger partial charge < -0.3 is 4.90 Å². The van der Waals surface area contributed by atoms with Gasteiger partial charge in [0, 0.05) is 19.0 Å². The van der Waals surface area contributed by atoms with Crippen molar-refractivity contribution in [2.24, 2.45) is 0 Å². The summed E-state index contributed by atoms with van der Waals surface area (Å²) in [4.78, 5) is 15.4. The summed E-state index contributed by atoms with van der Waals surface area (Å²) in [5.74, 6) is 0.110. The average molecular weight is 197 g/mol. The molecule has 2 nitrogen and oxygen atoms in total. The SMILES string of the molecule is Cc1sc(C(=O)N(C)C)c(C)c1C. The number of nitrogens with zero attached hydrogens (tertiary/aromatic N) is 1. The third-order valence-corrected chi connectivity index (χ3v) is 3.58. The first kappa shape index (κ1) is 10.3. The van der Waals surface area contributed by atoms with Crippen molar-refractivity contribution < 1.29 is 4.79 Å². The average Bonchev–Trinajstić information content (AvgIpc) is 2.31. The molecule has 0 radical (unpaired) electrons. The molecule has 0 aliphatic rings. The van der Waals surface area contributed by atoms with Crippen molar-refractivity contribution >= 4 is 17.2 Å². The minimum atomic E-state index is 0.110. The second-order valence-electron chi connectivity index (χ2n) is 3.44. The van der Waals surface area contributed by atoms with Crippen molar-refractivity contribution in [3.8, 4) is 0 Å². The molecule has 0 saturated heterocycles. The molecule has 72 valence electrons. The van der Waals surface area contributed by atoms with Gasteiger partial charge in [-0.3, -0.25) is 4.79 Å². The van der Waals surface area contributed by atoms with Crippen LogP contribution in [0.3, 0.4) is 0 Å². The Bertz CT molecular complexity index is 339. The molecule has 0 aromatic carbocycles. The molecule has 0 spiro atoms. The maximum atomic E-state index is 11.7. The summed E-state index contributed by atoms with van der Waals surface area (Å²) in [5.41, 5.74) is 2.37. The quantitative estimate of drug-likeness (QED) is 0.677. The Morgan fingerprint density at radius 2 is 1.69 bits per heavy atom. The number of amides is 1. The third kappa shape index (κ3) is 1.75. The van der Waals surface area contributed by atoms with Gasteiger partial charge in [0.15, 0.2) is 0 Å². The van der Waals surface area contributed by atoms with Crippen molar-refractivity contribution in [2.45, 2.75) is 20.8 Å². The lowest BCUT2D eigenvalue weighted by atomic mass is 10.1. The van der Waals surface area contributed by atoms with Crippen LogP contribution in [0.2, 0.25) is 0 Å². The van der Waals surface area contributed by atoms with E-state index < -0.39 is 0 Å². The molecule has 0 bridgehead atoms. The largest absolute Gasteiger partial charge is 0.344 e. The number of carbonyl (C=O) groups excluding carboxylic acids is 1. The summed E-state index contributed by atoms with van der Waals surface area (Å²) < 4.78 is 0. The summed E-state index contributed by atoms with van der Waals surface area (Å²) in [7, 11) is 3.57. The number of carbonyl (C=O) groups is 1. The molecule has 1 aromatic heterocycles. The van der Waals surface area contributed by atoms with Gasteiger partial charge in [0.2, 0.25) is 0 Å². The third-order valence-electron chi connectivity index (χ3n) is 2.29. The zero-order valence-corrected chi connectivity index (χ0v) is 9.58. The van der Waals surface area contributed by atoms with Crippen LogP contribution in [0, 0.1) is 20.8 Å². The van der Waals surface area contributed by atoms with Gasteiger partial charge in [-0.2, -0.15) is 0 Å². The normalized spacial score (nSPS) is 10.2. The van der Waals surface area contributed by atoms with Crippen LogP contribution < -0.4 is 0 Å². The lowest BCUT2D eigenvalue weighted by Crippen LogP contribution is -2.21. The lowest BCUT2D eigenvalue weighted by Gasteiger charge is -2.08. The molecule has 0 unspecified atom stereocenters. The van der Waals surface area contributed by atoms with E-state index in [2.05, 4.69) is 13.8 Å². The Balaban J connectivity index is 3.16. The van der Waals surface area contributed by atoms with E-state index in [1.807, 2.05) is 6.92 Å². The van der Waals surface area contributed by atoms with Crippen LogP contribution in [0.25, 0.3) is 0 Å². The van der Waals surface area contributed by atoms with Crippen LogP contribution in [0.5, 0.6) is 0 Å². The highest BCUT2D eigenvalue weighted by Crippen LogP contribution is 2.27. The van der Waals surface area contributed by atoms with Crippen LogP contribution in [-0.2, 0) is 0 Å². The van der Waals surface area contributed by atoms with Gasteiger partial charge in [-0.15, -0.1) is 11.3 Å². The summed E-state index contributed by atoms with van der Waals surface area (Å²) >= 11 is 1.59. The van der Waals surface area contributed by atoms with Gasteiger partial charge in [0.1, 0.15) is 0 Å². The Morgan fingerprint density at radius 1 is 1.15 bits per heavy atom. The Morgan fingerprint density at radius 3 is 2.00 bits per heavy atom. The van der Waals surface area contributed by atoms with Gasteiger partial charge in [-0.25, -0.2) is 0 Å². The molecule has 1 amide bonds. The minimum Gasteiger partial charge on any atom is -0.344 e. The predicted molar refractivity (Wildman–Crippen MR) is 56.5 cm³/mol. The summed E-state index contributed by atoms with van der Waals surface area (Å²) in [5, 5.41) is 0. The highest BCUT2D eigenvalue weighted by molar-refractivity contribution is 7.14. The number of thiophene rings is 1. The molecule has 0 aliphatic heterocycles. The molecule has 1 rings (SSSR count). The number of aryl methyl sites for hydroxylation is 1. The van der Waals surface area contributed by atoms with Crippen molar-refractivity contribution in [3.05, 3.63) is 20.9 Å². The van der Waals surface area contributed by atoms with E-state index in [1.54, 1.807) is 30.3 Å². The first-order valence-electron chi connectivity index (χ1n) is 4.23. The maximum Gasteiger partial charge on any atom is 0.263 e. The van der Waals surface area contributed by atoms with Crippen LogP contribution in [0.1, 0.15) is 25.7 Å². The number of hydrogen-bond acceptors (Lipinski definition) is 2. The van der Waals surface area contributed by atoms with E-state index in [0.717, 1.165) is 10.4 Å². The van der Waals surface area contributed by atoms with Crippen molar-refractivity contribution in [2.75, 3.05) is 14.1 Å². The van der Waals surface area contributed by atoms with Gasteiger partial charge >= 0.3 is 0 Å². The van der Waals surface area contributed by atoms with Crippen molar-refractivity contribution in [1.82, 2.24) is 4.90 Å². The Kier molecular flexibility index (Phi) is 2.76. The molecule has 13 heavy (non-hydrogen) atoms. The molecule has 3 heteroatoms. The molecular weight excluding hydrogens is 182 g/mol. The van der Waals surface area contributed by atoms with Crippen LogP contribution >= 0.6 is 11.3 Å². The fourth-order valence-corrected chi connectivity index (χ4v) is 2.34. The van der Waals surface area contributed by atoms with E-state index in [0.29, 0.717) is 0 Å². The summed E-state index contributed by atoms with van der Waals surface area (Å²) in [6, 6.07) is 0. The minimum absolute atomic E-state index is 0.110. The number of rotatable bonds is 1. The maximum absolute atomic E-state index is 11.7. The van der Waals surface area contributed by atoms with E-state index in [1.165, 1.54) is 10.4 Å². The second kappa shape index (κ2) is 3.50. The van der Waals surface area contributed by atoms with Gasteiger partial charge in [0.25, 0.3) is 5.91 Å². The first-order valence-corrected chi connectivity index (χ1v) is 5.05. The second-order valence-corrected chi connectivity index (χ2v) is 4.66. The summed E-state index contributed by atoms with van der Waals surface area (Å²) in [6.07, 6.45) is 0. The van der Waals surface area contributed by atoms with E-state index >= 15 is 0 Å². The first-order chi connectivity index (χ1) is 5.95. The smallest absolute Gasteiger partial charge is 0.263 e. The fraction of sp³-hybridized carbons (Fsp3) is 0.500. The Hall–Kier alpha value is -0.830.